The summed E-state index contributed by atoms with van der Waals surface area (Å²) < 4.78 is 5.50. The fraction of sp³-hybridized carbons (Fsp3) is 0.444. The van der Waals surface area contributed by atoms with Gasteiger partial charge >= 0.3 is 0 Å². The quantitative estimate of drug-likeness (QED) is 0.885. The van der Waals surface area contributed by atoms with E-state index in [1.807, 2.05) is 11.3 Å². The van der Waals surface area contributed by atoms with E-state index < -0.39 is 0 Å². The Morgan fingerprint density at radius 1 is 1.18 bits per heavy atom. The summed E-state index contributed by atoms with van der Waals surface area (Å²) in [7, 11) is 0. The molecule has 0 amide bonds. The van der Waals surface area contributed by atoms with Gasteiger partial charge in [-0.15, -0.1) is 11.3 Å². The van der Waals surface area contributed by atoms with Crippen molar-refractivity contribution in [3.8, 4) is 0 Å². The molecule has 0 saturated carbocycles. The Labute approximate surface area is 136 Å². The highest BCUT2D eigenvalue weighted by atomic mass is 32.1. The highest BCUT2D eigenvalue weighted by Gasteiger charge is 2.22. The number of hydrogen-bond acceptors (Lipinski definition) is 4. The Morgan fingerprint density at radius 3 is 2.64 bits per heavy atom. The van der Waals surface area contributed by atoms with Crippen molar-refractivity contribution >= 4 is 11.3 Å². The van der Waals surface area contributed by atoms with E-state index in [1.54, 1.807) is 0 Å². The average molecular weight is 316 g/mol. The summed E-state index contributed by atoms with van der Waals surface area (Å²) in [5.41, 5.74) is 2.78. The molecule has 118 valence electrons. The van der Waals surface area contributed by atoms with Crippen LogP contribution in [0.4, 0.5) is 0 Å². The van der Waals surface area contributed by atoms with Gasteiger partial charge in [0.1, 0.15) is 0 Å². The summed E-state index contributed by atoms with van der Waals surface area (Å²) in [6, 6.07) is 13.4. The van der Waals surface area contributed by atoms with Crippen LogP contribution in [0.3, 0.4) is 0 Å². The van der Waals surface area contributed by atoms with Gasteiger partial charge in [0.05, 0.1) is 13.2 Å². The number of nitrogens with zero attached hydrogens (tertiary/aromatic N) is 1. The maximum absolute atomic E-state index is 5.50. The lowest BCUT2D eigenvalue weighted by Gasteiger charge is -2.35. The maximum Gasteiger partial charge on any atom is 0.0594 e. The second kappa shape index (κ2) is 7.88. The number of aryl methyl sites for hydroxylation is 1. The van der Waals surface area contributed by atoms with Crippen molar-refractivity contribution in [1.82, 2.24) is 10.2 Å². The molecule has 1 aliphatic heterocycles. The van der Waals surface area contributed by atoms with Crippen LogP contribution in [0, 0.1) is 6.92 Å². The second-order valence-corrected chi connectivity index (χ2v) is 6.73. The molecule has 1 aliphatic rings. The SMILES string of the molecule is Cc1ccsc1CNCC(c1ccccc1)N1CCOCC1. The first-order valence-corrected chi connectivity index (χ1v) is 8.83. The Kier molecular flexibility index (Phi) is 5.62. The predicted molar refractivity (Wildman–Crippen MR) is 92.3 cm³/mol. The summed E-state index contributed by atoms with van der Waals surface area (Å²) in [5, 5.41) is 5.82. The van der Waals surface area contributed by atoms with Crippen LogP contribution in [-0.2, 0) is 11.3 Å². The maximum atomic E-state index is 5.50. The molecule has 0 spiro atoms. The zero-order valence-electron chi connectivity index (χ0n) is 13.1. The largest absolute Gasteiger partial charge is 0.379 e. The van der Waals surface area contributed by atoms with Crippen LogP contribution in [0.5, 0.6) is 0 Å². The first-order valence-electron chi connectivity index (χ1n) is 7.95. The van der Waals surface area contributed by atoms with Crippen molar-refractivity contribution in [2.24, 2.45) is 0 Å². The lowest BCUT2D eigenvalue weighted by molar-refractivity contribution is 0.0161. The van der Waals surface area contributed by atoms with Crippen LogP contribution < -0.4 is 5.32 Å². The van der Waals surface area contributed by atoms with E-state index in [-0.39, 0.29) is 0 Å². The first-order chi connectivity index (χ1) is 10.8. The van der Waals surface area contributed by atoms with E-state index in [9.17, 15) is 0 Å². The lowest BCUT2D eigenvalue weighted by Crippen LogP contribution is -2.42. The van der Waals surface area contributed by atoms with Gasteiger partial charge in [0, 0.05) is 37.1 Å². The van der Waals surface area contributed by atoms with Gasteiger partial charge in [-0.05, 0) is 29.5 Å². The molecule has 2 heterocycles. The van der Waals surface area contributed by atoms with E-state index in [4.69, 9.17) is 4.74 Å². The van der Waals surface area contributed by atoms with Gasteiger partial charge in [-0.25, -0.2) is 0 Å². The predicted octanol–water partition coefficient (Wildman–Crippen LogP) is 3.22. The van der Waals surface area contributed by atoms with Gasteiger partial charge in [0.15, 0.2) is 0 Å². The Balaban J connectivity index is 1.64. The summed E-state index contributed by atoms with van der Waals surface area (Å²) >= 11 is 1.84. The number of nitrogens with one attached hydrogen (secondary N) is 1. The summed E-state index contributed by atoms with van der Waals surface area (Å²) in [4.78, 5) is 3.97. The molecule has 3 nitrogen and oxygen atoms in total. The minimum absolute atomic E-state index is 0.422. The van der Waals surface area contributed by atoms with Gasteiger partial charge in [0.25, 0.3) is 0 Å². The van der Waals surface area contributed by atoms with Gasteiger partial charge < -0.3 is 10.1 Å². The van der Waals surface area contributed by atoms with Crippen LogP contribution in [0.1, 0.15) is 22.0 Å². The fourth-order valence-electron chi connectivity index (χ4n) is 2.93. The van der Waals surface area contributed by atoms with Crippen molar-refractivity contribution in [2.75, 3.05) is 32.8 Å². The molecule has 2 aromatic rings. The van der Waals surface area contributed by atoms with Crippen molar-refractivity contribution in [3.05, 3.63) is 57.8 Å². The van der Waals surface area contributed by atoms with Crippen molar-refractivity contribution < 1.29 is 4.74 Å². The number of morpholine rings is 1. The second-order valence-electron chi connectivity index (χ2n) is 5.73. The molecule has 1 aromatic carbocycles. The third kappa shape index (κ3) is 3.96. The minimum atomic E-state index is 0.422. The summed E-state index contributed by atoms with van der Waals surface area (Å²) in [6.45, 7) is 7.82. The number of hydrogen-bond donors (Lipinski definition) is 1. The molecule has 1 fully saturated rings. The normalized spacial score (nSPS) is 17.5. The topological polar surface area (TPSA) is 24.5 Å². The van der Waals surface area contributed by atoms with Crippen LogP contribution in [-0.4, -0.2) is 37.7 Å². The van der Waals surface area contributed by atoms with E-state index in [2.05, 4.69) is 58.9 Å². The minimum Gasteiger partial charge on any atom is -0.379 e. The lowest BCUT2D eigenvalue weighted by atomic mass is 10.0. The van der Waals surface area contributed by atoms with Crippen LogP contribution in [0.15, 0.2) is 41.8 Å². The molecule has 1 aromatic heterocycles. The number of thiophene rings is 1. The summed E-state index contributed by atoms with van der Waals surface area (Å²) in [5.74, 6) is 0. The van der Waals surface area contributed by atoms with Gasteiger partial charge in [-0.3, -0.25) is 4.90 Å². The smallest absolute Gasteiger partial charge is 0.0594 e. The first kappa shape index (κ1) is 15.7. The standard InChI is InChI=1S/C18H24N2OS/c1-15-7-12-22-18(15)14-19-13-17(16-5-3-2-4-6-16)20-8-10-21-11-9-20/h2-7,12,17,19H,8-11,13-14H2,1H3. The molecule has 3 rings (SSSR count). The highest BCUT2D eigenvalue weighted by Crippen LogP contribution is 2.22. The molecule has 0 bridgehead atoms. The molecule has 22 heavy (non-hydrogen) atoms. The van der Waals surface area contributed by atoms with Crippen molar-refractivity contribution in [2.45, 2.75) is 19.5 Å². The average Bonchev–Trinajstić information content (AvgIpc) is 2.98. The third-order valence-corrected chi connectivity index (χ3v) is 5.29. The van der Waals surface area contributed by atoms with Crippen LogP contribution in [0.2, 0.25) is 0 Å². The zero-order valence-corrected chi connectivity index (χ0v) is 13.9. The molecule has 0 radical (unpaired) electrons. The molecule has 4 heteroatoms. The number of ether oxygens (including phenoxy) is 1. The molecule has 0 aliphatic carbocycles. The fourth-order valence-corrected chi connectivity index (χ4v) is 3.81. The van der Waals surface area contributed by atoms with Crippen LogP contribution >= 0.6 is 11.3 Å². The van der Waals surface area contributed by atoms with E-state index >= 15 is 0 Å². The molecular weight excluding hydrogens is 292 g/mol. The molecule has 1 N–H and O–H groups in total. The van der Waals surface area contributed by atoms with E-state index in [0.29, 0.717) is 6.04 Å². The highest BCUT2D eigenvalue weighted by molar-refractivity contribution is 7.10. The van der Waals surface area contributed by atoms with E-state index in [1.165, 1.54) is 16.0 Å². The molecular formula is C18H24N2OS. The van der Waals surface area contributed by atoms with Gasteiger partial charge in [-0.2, -0.15) is 0 Å². The van der Waals surface area contributed by atoms with Gasteiger partial charge in [0.2, 0.25) is 0 Å². The zero-order chi connectivity index (χ0) is 15.2. The third-order valence-electron chi connectivity index (χ3n) is 4.26. The molecule has 1 atom stereocenters. The molecule has 1 saturated heterocycles. The van der Waals surface area contributed by atoms with E-state index in [0.717, 1.165) is 39.4 Å². The van der Waals surface area contributed by atoms with Crippen LogP contribution in [0.25, 0.3) is 0 Å². The van der Waals surface area contributed by atoms with Crippen molar-refractivity contribution in [1.29, 1.82) is 0 Å². The monoisotopic (exact) mass is 316 g/mol. The Morgan fingerprint density at radius 2 is 1.95 bits per heavy atom. The Bertz CT molecular complexity index is 563. The number of rotatable bonds is 6. The number of benzene rings is 1. The molecule has 1 unspecified atom stereocenters. The Hall–Kier alpha value is -1.20. The summed E-state index contributed by atoms with van der Waals surface area (Å²) in [6.07, 6.45) is 0. The van der Waals surface area contributed by atoms with Crippen molar-refractivity contribution in [3.63, 3.8) is 0 Å². The van der Waals surface area contributed by atoms with Gasteiger partial charge in [-0.1, -0.05) is 30.3 Å².